The number of aliphatic carboxylic acids is 4. The molecule has 0 aromatic rings. The van der Waals surface area contributed by atoms with Crippen molar-refractivity contribution >= 4 is 153 Å². The normalized spacial score (nSPS) is 14.2. The van der Waals surface area contributed by atoms with E-state index in [1.807, 2.05) is 0 Å². The van der Waals surface area contributed by atoms with E-state index in [1.54, 1.807) is 0 Å². The van der Waals surface area contributed by atoms with Gasteiger partial charge in [-0.05, 0) is 0 Å². The molecule has 0 rings (SSSR count). The summed E-state index contributed by atoms with van der Waals surface area (Å²) in [5.41, 5.74) is -6.62. The third kappa shape index (κ3) is 16.1. The maximum absolute atomic E-state index is 11.3. The summed E-state index contributed by atoms with van der Waals surface area (Å²) < 4.78 is 22.5. The van der Waals surface area contributed by atoms with Gasteiger partial charge in [0.2, 0.25) is 0 Å². The van der Waals surface area contributed by atoms with Crippen LogP contribution in [-0.4, -0.2) is 227 Å². The number of carboxylic acids is 4. The van der Waals surface area contributed by atoms with Gasteiger partial charge in [0.15, 0.2) is 0 Å². The SMILES string of the molecule is O=C(O)C(CO)[P+](=O)C(CO)C(=O)O.O=C(O)C(CO)[P+](=O)C(CO)C(=O)O.[Ca+2].[Ca+2].[Ca+2]. The minimum absolute atomic E-state index is 0. The zero-order valence-corrected chi connectivity index (χ0v) is 24.6. The number of carbonyl (C=O) groups is 4. The van der Waals surface area contributed by atoms with Crippen LogP contribution in [0.15, 0.2) is 0 Å². The van der Waals surface area contributed by atoms with E-state index in [-0.39, 0.29) is 113 Å². The molecule has 0 aliphatic heterocycles. The molecule has 0 aromatic carbocycles. The average Bonchev–Trinajstić information content (AvgIpc) is 2.56. The van der Waals surface area contributed by atoms with Crippen molar-refractivity contribution in [3.8, 4) is 0 Å². The van der Waals surface area contributed by atoms with E-state index in [0.29, 0.717) is 0 Å². The van der Waals surface area contributed by atoms with Crippen LogP contribution in [0.3, 0.4) is 0 Å². The third-order valence-corrected chi connectivity index (χ3v) is 7.05. The van der Waals surface area contributed by atoms with Crippen LogP contribution in [0.2, 0.25) is 0 Å². The molecule has 0 bridgehead atoms. The Kier molecular flexibility index (Phi) is 32.4. The fourth-order valence-electron chi connectivity index (χ4n) is 1.50. The van der Waals surface area contributed by atoms with E-state index in [0.717, 1.165) is 0 Å². The van der Waals surface area contributed by atoms with Crippen LogP contribution in [0, 0.1) is 0 Å². The number of hydrogen-bond donors (Lipinski definition) is 8. The van der Waals surface area contributed by atoms with Crippen LogP contribution in [-0.2, 0) is 28.3 Å². The Labute approximate surface area is 267 Å². The van der Waals surface area contributed by atoms with Crippen LogP contribution in [0.5, 0.6) is 0 Å². The summed E-state index contributed by atoms with van der Waals surface area (Å²) in [6.07, 6.45) is 0. The first-order valence-electron chi connectivity index (χ1n) is 7.16. The summed E-state index contributed by atoms with van der Waals surface area (Å²) in [5, 5.41) is 68.0. The van der Waals surface area contributed by atoms with E-state index < -0.39 is 88.5 Å². The van der Waals surface area contributed by atoms with E-state index >= 15 is 0 Å². The number of aliphatic hydroxyl groups is 4. The quantitative estimate of drug-likeness (QED) is 0.0828. The van der Waals surface area contributed by atoms with Gasteiger partial charge in [0.05, 0.1) is 0 Å². The Hall–Kier alpha value is 1.70. The van der Waals surface area contributed by atoms with Crippen molar-refractivity contribution in [2.24, 2.45) is 0 Å². The van der Waals surface area contributed by atoms with Crippen molar-refractivity contribution in [3.05, 3.63) is 0 Å². The molecular weight excluding hydrogens is 550 g/mol. The summed E-state index contributed by atoms with van der Waals surface area (Å²) in [6.45, 7) is -3.69. The Morgan fingerprint density at radius 3 is 0.677 bits per heavy atom. The molecule has 160 valence electrons. The van der Waals surface area contributed by atoms with Crippen molar-refractivity contribution in [1.82, 2.24) is 0 Å². The van der Waals surface area contributed by atoms with Crippen LogP contribution < -0.4 is 0 Å². The zero-order chi connectivity index (χ0) is 22.6. The molecule has 0 aromatic heterocycles. The number of rotatable bonds is 12. The minimum Gasteiger partial charge on any atom is -0.478 e. The summed E-state index contributed by atoms with van der Waals surface area (Å²) in [5.74, 6) is -6.19. The van der Waals surface area contributed by atoms with Crippen molar-refractivity contribution in [2.45, 2.75) is 22.6 Å². The molecule has 0 saturated carbocycles. The third-order valence-electron chi connectivity index (χ3n) is 3.06. The summed E-state index contributed by atoms with van der Waals surface area (Å²) >= 11 is 0. The van der Waals surface area contributed by atoms with Gasteiger partial charge in [-0.25, -0.2) is 19.2 Å². The van der Waals surface area contributed by atoms with Gasteiger partial charge in [0, 0.05) is 0 Å². The maximum atomic E-state index is 11.3. The molecule has 8 N–H and O–H groups in total. The molecule has 0 fully saturated rings. The van der Waals surface area contributed by atoms with Gasteiger partial charge in [0.25, 0.3) is 22.6 Å². The summed E-state index contributed by atoms with van der Waals surface area (Å²) in [6, 6.07) is 0. The maximum Gasteiger partial charge on any atom is 2.00 e. The van der Waals surface area contributed by atoms with Crippen LogP contribution in [0.4, 0.5) is 0 Å². The summed E-state index contributed by atoms with van der Waals surface area (Å²) in [4.78, 5) is 41.6. The van der Waals surface area contributed by atoms with E-state index in [1.165, 1.54) is 0 Å². The van der Waals surface area contributed by atoms with E-state index in [9.17, 15) is 28.3 Å². The van der Waals surface area contributed by atoms with Crippen molar-refractivity contribution in [2.75, 3.05) is 26.4 Å². The molecule has 0 saturated heterocycles. The Morgan fingerprint density at radius 2 is 0.613 bits per heavy atom. The first kappa shape index (κ1) is 42.8. The van der Waals surface area contributed by atoms with Crippen LogP contribution >= 0.6 is 15.6 Å². The van der Waals surface area contributed by atoms with E-state index in [4.69, 9.17) is 40.9 Å². The second kappa shape index (κ2) is 23.4. The fraction of sp³-hybridized carbons (Fsp3) is 0.667. The topological polar surface area (TPSA) is 264 Å². The standard InChI is InChI=1S/2C6H9O7P.3Ca/c2*7-1-3(5(9)10)14(13)4(2-8)6(11)12;;;/h2*3-4,7-8H,1-2H2,(H-,9,10,11,12);;;/q;;3*+2/p+2. The number of carboxylic acid groups (broad SMARTS) is 4. The molecule has 0 spiro atoms. The Bertz CT molecular complexity index is 519. The van der Waals surface area contributed by atoms with Crippen molar-refractivity contribution < 1.29 is 69.2 Å². The van der Waals surface area contributed by atoms with Crippen LogP contribution in [0.25, 0.3) is 0 Å². The Morgan fingerprint density at radius 1 is 0.484 bits per heavy atom. The number of hydrogen-bond acceptors (Lipinski definition) is 10. The average molecular weight is 570 g/mol. The van der Waals surface area contributed by atoms with Gasteiger partial charge in [0.1, 0.15) is 26.4 Å². The van der Waals surface area contributed by atoms with Gasteiger partial charge in [-0.3, -0.25) is 0 Å². The van der Waals surface area contributed by atoms with Crippen LogP contribution in [0.1, 0.15) is 0 Å². The molecule has 0 radical (unpaired) electrons. The molecule has 0 aliphatic carbocycles. The van der Waals surface area contributed by atoms with Gasteiger partial charge >= 0.3 is 153 Å². The largest absolute Gasteiger partial charge is 2.00 e. The Balaban J connectivity index is -0.000000133. The molecular formula is C12H20Ca3O14P2+8. The van der Waals surface area contributed by atoms with E-state index in [2.05, 4.69) is 0 Å². The smallest absolute Gasteiger partial charge is 0.478 e. The monoisotopic (exact) mass is 570 g/mol. The van der Waals surface area contributed by atoms with Crippen molar-refractivity contribution in [1.29, 1.82) is 0 Å². The molecule has 31 heavy (non-hydrogen) atoms. The first-order chi connectivity index (χ1) is 12.9. The second-order valence-electron chi connectivity index (χ2n) is 4.87. The molecule has 14 nitrogen and oxygen atoms in total. The molecule has 0 heterocycles. The molecule has 0 aliphatic rings. The second-order valence-corrected chi connectivity index (χ2v) is 8.80. The summed E-state index contributed by atoms with van der Waals surface area (Å²) in [7, 11) is -5.47. The van der Waals surface area contributed by atoms with Gasteiger partial charge in [-0.2, -0.15) is 0 Å². The minimum atomic E-state index is -2.74. The van der Waals surface area contributed by atoms with Crippen molar-refractivity contribution in [3.63, 3.8) is 0 Å². The zero-order valence-electron chi connectivity index (χ0n) is 16.2. The predicted octanol–water partition coefficient (Wildman–Crippen LogP) is -3.73. The van der Waals surface area contributed by atoms with Gasteiger partial charge in [-0.15, -0.1) is 0 Å². The van der Waals surface area contributed by atoms with Gasteiger partial charge in [-0.1, -0.05) is 9.13 Å². The first-order valence-corrected chi connectivity index (χ1v) is 9.96. The molecule has 19 heteroatoms. The fourth-order valence-corrected chi connectivity index (χ4v) is 3.89. The molecule has 0 amide bonds. The number of aliphatic hydroxyl groups excluding tert-OH is 4. The molecule has 4 unspecified atom stereocenters. The molecule has 4 atom stereocenters. The predicted molar refractivity (Wildman–Crippen MR) is 107 cm³/mol. The van der Waals surface area contributed by atoms with Gasteiger partial charge < -0.3 is 40.9 Å².